The molecule has 3 heterocycles. The highest BCUT2D eigenvalue weighted by atomic mass is 19.4. The molecule has 0 bridgehead atoms. The summed E-state index contributed by atoms with van der Waals surface area (Å²) >= 11 is 0. The number of ketones is 1. The summed E-state index contributed by atoms with van der Waals surface area (Å²) in [7, 11) is 1.86. The number of ether oxygens (including phenoxy) is 1. The number of fused-ring (bicyclic) bond motifs is 1. The number of carbonyl (C=O) groups excluding carboxylic acids is 1. The molecule has 10 heteroatoms. The van der Waals surface area contributed by atoms with Crippen molar-refractivity contribution in [3.63, 3.8) is 0 Å². The number of aryl methyl sites for hydroxylation is 2. The van der Waals surface area contributed by atoms with Gasteiger partial charge in [-0.05, 0) is 53.9 Å². The highest BCUT2D eigenvalue weighted by molar-refractivity contribution is 5.87. The van der Waals surface area contributed by atoms with Crippen LogP contribution in [0, 0.1) is 0 Å². The van der Waals surface area contributed by atoms with Crippen molar-refractivity contribution >= 4 is 16.7 Å². The second kappa shape index (κ2) is 10.4. The summed E-state index contributed by atoms with van der Waals surface area (Å²) in [4.78, 5) is 24.5. The van der Waals surface area contributed by atoms with E-state index in [4.69, 9.17) is 4.74 Å². The molecule has 5 rings (SSSR count). The third-order valence-corrected chi connectivity index (χ3v) is 5.96. The minimum absolute atomic E-state index is 0.0240. The van der Waals surface area contributed by atoms with Crippen molar-refractivity contribution < 1.29 is 22.7 Å². The molecule has 0 amide bonds. The number of alkyl halides is 3. The van der Waals surface area contributed by atoms with E-state index in [0.717, 1.165) is 33.8 Å². The van der Waals surface area contributed by atoms with Crippen LogP contribution in [-0.2, 0) is 30.9 Å². The van der Waals surface area contributed by atoms with E-state index in [1.54, 1.807) is 28.9 Å². The summed E-state index contributed by atoms with van der Waals surface area (Å²) < 4.78 is 45.6. The molecule has 0 atom stereocenters. The monoisotopic (exact) mass is 517 g/mol. The van der Waals surface area contributed by atoms with Crippen LogP contribution in [0.3, 0.4) is 0 Å². The summed E-state index contributed by atoms with van der Waals surface area (Å²) in [6.07, 6.45) is 0.752. The molecule has 2 aromatic carbocycles. The van der Waals surface area contributed by atoms with Crippen molar-refractivity contribution in [3.05, 3.63) is 96.2 Å². The van der Waals surface area contributed by atoms with Gasteiger partial charge in [-0.25, -0.2) is 9.97 Å². The molecule has 7 nitrogen and oxygen atoms in total. The Hall–Kier alpha value is -4.60. The number of rotatable bonds is 8. The zero-order valence-corrected chi connectivity index (χ0v) is 20.3. The summed E-state index contributed by atoms with van der Waals surface area (Å²) in [6, 6.07) is 17.1. The van der Waals surface area contributed by atoms with Crippen LogP contribution in [0.2, 0.25) is 0 Å². The Balaban J connectivity index is 1.20. The largest absolute Gasteiger partial charge is 0.438 e. The molecule has 0 aliphatic heterocycles. The van der Waals surface area contributed by atoms with E-state index in [1.807, 2.05) is 37.5 Å². The lowest BCUT2D eigenvalue weighted by molar-refractivity contribution is -0.141. The molecule has 0 fully saturated rings. The van der Waals surface area contributed by atoms with Gasteiger partial charge in [0.15, 0.2) is 0 Å². The average molecular weight is 518 g/mol. The molecule has 5 aromatic rings. The molecule has 0 spiro atoms. The van der Waals surface area contributed by atoms with E-state index >= 15 is 0 Å². The molecule has 38 heavy (non-hydrogen) atoms. The molecule has 0 unspecified atom stereocenters. The molecular formula is C28H22F3N5O2. The first-order valence-corrected chi connectivity index (χ1v) is 11.8. The van der Waals surface area contributed by atoms with Gasteiger partial charge in [-0.1, -0.05) is 24.3 Å². The van der Waals surface area contributed by atoms with Crippen LogP contribution in [0.1, 0.15) is 23.2 Å². The maximum absolute atomic E-state index is 12.6. The normalized spacial score (nSPS) is 11.6. The van der Waals surface area contributed by atoms with E-state index < -0.39 is 11.9 Å². The fourth-order valence-corrected chi connectivity index (χ4v) is 3.97. The van der Waals surface area contributed by atoms with Gasteiger partial charge in [0.1, 0.15) is 23.6 Å². The topological polar surface area (TPSA) is 82.8 Å². The highest BCUT2D eigenvalue weighted by Gasteiger charge is 2.32. The van der Waals surface area contributed by atoms with Gasteiger partial charge in [-0.15, -0.1) is 0 Å². The lowest BCUT2D eigenvalue weighted by Crippen LogP contribution is -2.08. The molecule has 0 saturated carbocycles. The van der Waals surface area contributed by atoms with Crippen molar-refractivity contribution in [1.29, 1.82) is 0 Å². The van der Waals surface area contributed by atoms with Crippen LogP contribution in [0.4, 0.5) is 13.2 Å². The molecule has 0 saturated heterocycles. The third kappa shape index (κ3) is 5.86. The number of halogens is 3. The summed E-state index contributed by atoms with van der Waals surface area (Å²) in [5.74, 6) is 0.950. The van der Waals surface area contributed by atoms with Crippen LogP contribution >= 0.6 is 0 Å². The van der Waals surface area contributed by atoms with Crippen LogP contribution in [0.25, 0.3) is 22.2 Å². The van der Waals surface area contributed by atoms with E-state index in [-0.39, 0.29) is 18.6 Å². The molecule has 0 aliphatic carbocycles. The predicted molar refractivity (Wildman–Crippen MR) is 135 cm³/mol. The quantitative estimate of drug-likeness (QED) is 0.252. The average Bonchev–Trinajstić information content (AvgIpc) is 3.34. The van der Waals surface area contributed by atoms with E-state index in [9.17, 15) is 18.0 Å². The van der Waals surface area contributed by atoms with E-state index in [0.29, 0.717) is 23.6 Å². The molecule has 0 N–H and O–H groups in total. The van der Waals surface area contributed by atoms with Crippen LogP contribution in [-0.4, -0.2) is 30.5 Å². The lowest BCUT2D eigenvalue weighted by atomic mass is 10.0. The molecule has 192 valence electrons. The maximum Gasteiger partial charge on any atom is 0.433 e. The number of benzene rings is 2. The Bertz CT molecular complexity index is 1580. The number of Topliss-reactive ketones (excluding diaryl/α,β-unsaturated/α-hetero) is 1. The summed E-state index contributed by atoms with van der Waals surface area (Å²) in [6.45, 7) is 0. The van der Waals surface area contributed by atoms with Gasteiger partial charge in [-0.2, -0.15) is 18.3 Å². The van der Waals surface area contributed by atoms with Gasteiger partial charge >= 0.3 is 6.18 Å². The zero-order valence-electron chi connectivity index (χ0n) is 20.3. The van der Waals surface area contributed by atoms with Gasteiger partial charge in [0.05, 0.1) is 16.6 Å². The molecule has 0 aliphatic rings. The fraction of sp³-hybridized carbons (Fsp3) is 0.179. The van der Waals surface area contributed by atoms with Crippen molar-refractivity contribution in [2.45, 2.75) is 25.4 Å². The number of hydrogen-bond donors (Lipinski definition) is 0. The number of pyridine rings is 1. The number of aromatic nitrogens is 5. The Kier molecular flexibility index (Phi) is 6.87. The molecular weight excluding hydrogens is 495 g/mol. The summed E-state index contributed by atoms with van der Waals surface area (Å²) in [5, 5.41) is 5.18. The second-order valence-electron chi connectivity index (χ2n) is 8.80. The maximum atomic E-state index is 12.6. The Morgan fingerprint density at radius 2 is 1.74 bits per heavy atom. The SMILES string of the molecule is Cn1ccc(-c2ccc3c(Oc4ccc(CC(=O)CCc5ccc(C(F)(F)F)nc5)cc4)ncnc3c2)n1. The number of nitrogens with zero attached hydrogens (tertiary/aromatic N) is 5. The Labute approximate surface area is 216 Å². The summed E-state index contributed by atoms with van der Waals surface area (Å²) in [5.41, 5.74) is 2.95. The second-order valence-corrected chi connectivity index (χ2v) is 8.80. The van der Waals surface area contributed by atoms with E-state index in [1.165, 1.54) is 18.6 Å². The van der Waals surface area contributed by atoms with Gasteiger partial charge in [0.2, 0.25) is 5.88 Å². The third-order valence-electron chi connectivity index (χ3n) is 5.96. The first-order valence-electron chi connectivity index (χ1n) is 11.8. The van der Waals surface area contributed by atoms with Crippen LogP contribution in [0.15, 0.2) is 79.4 Å². The van der Waals surface area contributed by atoms with Crippen molar-refractivity contribution in [1.82, 2.24) is 24.7 Å². The molecule has 0 radical (unpaired) electrons. The van der Waals surface area contributed by atoms with Crippen LogP contribution in [0.5, 0.6) is 11.6 Å². The number of hydrogen-bond acceptors (Lipinski definition) is 6. The van der Waals surface area contributed by atoms with Crippen molar-refractivity contribution in [2.75, 3.05) is 0 Å². The first kappa shape index (κ1) is 25.1. The van der Waals surface area contributed by atoms with Crippen molar-refractivity contribution in [3.8, 4) is 22.9 Å². The fourth-order valence-electron chi connectivity index (χ4n) is 3.97. The first-order chi connectivity index (χ1) is 18.2. The van der Waals surface area contributed by atoms with Crippen LogP contribution < -0.4 is 4.74 Å². The van der Waals surface area contributed by atoms with E-state index in [2.05, 4.69) is 20.1 Å². The minimum atomic E-state index is -4.48. The van der Waals surface area contributed by atoms with Gasteiger partial charge < -0.3 is 4.74 Å². The Morgan fingerprint density at radius 3 is 2.42 bits per heavy atom. The lowest BCUT2D eigenvalue weighted by Gasteiger charge is -2.09. The molecule has 3 aromatic heterocycles. The minimum Gasteiger partial charge on any atom is -0.438 e. The standard InChI is InChI=1S/C28H22F3N5O2/c1-36-13-12-24(35-36)20-6-10-23-25(15-20)33-17-34-27(23)38-22-8-3-18(4-9-22)14-21(37)7-2-19-5-11-26(32-16-19)28(29,30)31/h3-6,8-13,15-17H,2,7,14H2,1H3. The van der Waals surface area contributed by atoms with Gasteiger partial charge in [-0.3, -0.25) is 14.5 Å². The Morgan fingerprint density at radius 1 is 0.947 bits per heavy atom. The van der Waals surface area contributed by atoms with Gasteiger partial charge in [0.25, 0.3) is 0 Å². The zero-order chi connectivity index (χ0) is 26.7. The highest BCUT2D eigenvalue weighted by Crippen LogP contribution is 2.30. The smallest absolute Gasteiger partial charge is 0.433 e. The van der Waals surface area contributed by atoms with Crippen molar-refractivity contribution in [2.24, 2.45) is 7.05 Å². The van der Waals surface area contributed by atoms with Gasteiger partial charge in [0, 0.05) is 37.8 Å². The predicted octanol–water partition coefficient (Wildman–Crippen LogP) is 5.98. The number of carbonyl (C=O) groups is 1.